The fourth-order valence-electron chi connectivity index (χ4n) is 2.77. The van der Waals surface area contributed by atoms with Gasteiger partial charge in [-0.15, -0.1) is 0 Å². The van der Waals surface area contributed by atoms with Crippen LogP contribution in [0.15, 0.2) is 28.7 Å². The maximum absolute atomic E-state index is 12.3. The number of rotatable bonds is 5. The van der Waals surface area contributed by atoms with Crippen molar-refractivity contribution < 1.29 is 4.79 Å². The smallest absolute Gasteiger partial charge is 0.224 e. The monoisotopic (exact) mass is 352 g/mol. The van der Waals surface area contributed by atoms with Crippen molar-refractivity contribution in [3.63, 3.8) is 0 Å². The maximum Gasteiger partial charge on any atom is 0.224 e. The third kappa shape index (κ3) is 5.11. The molecule has 21 heavy (non-hydrogen) atoms. The SMILES string of the molecule is CCC(C)NC(=O)C1CCCN(Cc2cccc(Br)c2)C1. The summed E-state index contributed by atoms with van der Waals surface area (Å²) in [6.07, 6.45) is 3.10. The van der Waals surface area contributed by atoms with E-state index in [0.717, 1.165) is 43.4 Å². The van der Waals surface area contributed by atoms with Crippen molar-refractivity contribution in [1.82, 2.24) is 10.2 Å². The summed E-state index contributed by atoms with van der Waals surface area (Å²) in [5.74, 6) is 0.364. The lowest BCUT2D eigenvalue weighted by molar-refractivity contribution is -0.127. The normalized spacial score (nSPS) is 21.0. The highest BCUT2D eigenvalue weighted by Gasteiger charge is 2.26. The van der Waals surface area contributed by atoms with Crippen molar-refractivity contribution in [3.05, 3.63) is 34.3 Å². The molecule has 0 spiro atoms. The summed E-state index contributed by atoms with van der Waals surface area (Å²) in [5.41, 5.74) is 1.30. The molecule has 1 aromatic carbocycles. The molecule has 1 fully saturated rings. The van der Waals surface area contributed by atoms with E-state index in [-0.39, 0.29) is 17.9 Å². The van der Waals surface area contributed by atoms with Crippen molar-refractivity contribution in [3.8, 4) is 0 Å². The first-order chi connectivity index (χ1) is 10.1. The van der Waals surface area contributed by atoms with Crippen LogP contribution >= 0.6 is 15.9 Å². The van der Waals surface area contributed by atoms with Crippen LogP contribution in [0.3, 0.4) is 0 Å². The summed E-state index contributed by atoms with van der Waals surface area (Å²) in [4.78, 5) is 14.7. The molecule has 0 bridgehead atoms. The van der Waals surface area contributed by atoms with Crippen molar-refractivity contribution in [2.24, 2.45) is 5.92 Å². The summed E-state index contributed by atoms with van der Waals surface area (Å²) in [6, 6.07) is 8.69. The zero-order chi connectivity index (χ0) is 15.2. The second-order valence-corrected chi connectivity index (χ2v) is 6.94. The molecule has 0 aromatic heterocycles. The Morgan fingerprint density at radius 1 is 1.52 bits per heavy atom. The average Bonchev–Trinajstić information content (AvgIpc) is 2.47. The number of carbonyl (C=O) groups excluding carboxylic acids is 1. The van der Waals surface area contributed by atoms with Crippen LogP contribution in [0.2, 0.25) is 0 Å². The predicted octanol–water partition coefficient (Wildman–Crippen LogP) is 3.58. The molecule has 0 radical (unpaired) electrons. The summed E-state index contributed by atoms with van der Waals surface area (Å²) in [6.45, 7) is 7.05. The van der Waals surface area contributed by atoms with E-state index < -0.39 is 0 Å². The molecule has 2 rings (SSSR count). The molecular formula is C17H25BrN2O. The van der Waals surface area contributed by atoms with Gasteiger partial charge in [-0.05, 0) is 50.4 Å². The molecule has 3 nitrogen and oxygen atoms in total. The molecule has 4 heteroatoms. The van der Waals surface area contributed by atoms with Crippen LogP contribution in [-0.4, -0.2) is 29.9 Å². The Bertz CT molecular complexity index is 478. The van der Waals surface area contributed by atoms with Crippen LogP contribution in [0.1, 0.15) is 38.7 Å². The van der Waals surface area contributed by atoms with Gasteiger partial charge in [0.2, 0.25) is 5.91 Å². The van der Waals surface area contributed by atoms with E-state index in [9.17, 15) is 4.79 Å². The van der Waals surface area contributed by atoms with E-state index in [0.29, 0.717) is 0 Å². The van der Waals surface area contributed by atoms with Crippen LogP contribution in [-0.2, 0) is 11.3 Å². The van der Waals surface area contributed by atoms with Crippen molar-refractivity contribution in [1.29, 1.82) is 0 Å². The molecule has 1 heterocycles. The van der Waals surface area contributed by atoms with Gasteiger partial charge in [0.25, 0.3) is 0 Å². The van der Waals surface area contributed by atoms with Gasteiger partial charge in [0.15, 0.2) is 0 Å². The number of hydrogen-bond acceptors (Lipinski definition) is 2. The van der Waals surface area contributed by atoms with Gasteiger partial charge in [-0.3, -0.25) is 9.69 Å². The number of piperidine rings is 1. The Labute approximate surface area is 136 Å². The quantitative estimate of drug-likeness (QED) is 0.878. The van der Waals surface area contributed by atoms with Crippen LogP contribution in [0.25, 0.3) is 0 Å². The van der Waals surface area contributed by atoms with Crippen LogP contribution < -0.4 is 5.32 Å². The topological polar surface area (TPSA) is 32.3 Å². The molecule has 2 unspecified atom stereocenters. The molecule has 1 saturated heterocycles. The van der Waals surface area contributed by atoms with Gasteiger partial charge in [-0.2, -0.15) is 0 Å². The highest BCUT2D eigenvalue weighted by Crippen LogP contribution is 2.20. The minimum atomic E-state index is 0.139. The number of benzene rings is 1. The minimum absolute atomic E-state index is 0.139. The molecule has 1 N–H and O–H groups in total. The van der Waals surface area contributed by atoms with Gasteiger partial charge in [0.1, 0.15) is 0 Å². The summed E-state index contributed by atoms with van der Waals surface area (Å²) in [5, 5.41) is 3.12. The fraction of sp³-hybridized carbons (Fsp3) is 0.588. The molecule has 1 aliphatic rings. The van der Waals surface area contributed by atoms with E-state index in [2.05, 4.69) is 58.2 Å². The van der Waals surface area contributed by atoms with E-state index in [4.69, 9.17) is 0 Å². The fourth-order valence-corrected chi connectivity index (χ4v) is 3.22. The lowest BCUT2D eigenvalue weighted by atomic mass is 9.96. The number of amides is 1. The largest absolute Gasteiger partial charge is 0.353 e. The van der Waals surface area contributed by atoms with E-state index >= 15 is 0 Å². The Morgan fingerprint density at radius 3 is 3.05 bits per heavy atom. The van der Waals surface area contributed by atoms with Crippen LogP contribution in [0.5, 0.6) is 0 Å². The van der Waals surface area contributed by atoms with E-state index in [1.165, 1.54) is 5.56 Å². The minimum Gasteiger partial charge on any atom is -0.353 e. The van der Waals surface area contributed by atoms with Crippen molar-refractivity contribution >= 4 is 21.8 Å². The van der Waals surface area contributed by atoms with Crippen molar-refractivity contribution in [2.75, 3.05) is 13.1 Å². The van der Waals surface area contributed by atoms with Crippen LogP contribution in [0.4, 0.5) is 0 Å². The molecule has 2 atom stereocenters. The van der Waals surface area contributed by atoms with E-state index in [1.54, 1.807) is 0 Å². The first-order valence-corrected chi connectivity index (χ1v) is 8.65. The molecule has 1 aliphatic heterocycles. The molecule has 1 amide bonds. The number of nitrogens with one attached hydrogen (secondary N) is 1. The van der Waals surface area contributed by atoms with Gasteiger partial charge in [-0.1, -0.05) is 35.0 Å². The first-order valence-electron chi connectivity index (χ1n) is 7.85. The second-order valence-electron chi connectivity index (χ2n) is 6.02. The number of hydrogen-bond donors (Lipinski definition) is 1. The van der Waals surface area contributed by atoms with Gasteiger partial charge in [0, 0.05) is 23.6 Å². The van der Waals surface area contributed by atoms with Gasteiger partial charge >= 0.3 is 0 Å². The standard InChI is InChI=1S/C17H25BrN2O/c1-3-13(2)19-17(21)15-7-5-9-20(12-15)11-14-6-4-8-16(18)10-14/h4,6,8,10,13,15H,3,5,7,9,11-12H2,1-2H3,(H,19,21). The molecule has 116 valence electrons. The highest BCUT2D eigenvalue weighted by atomic mass is 79.9. The summed E-state index contributed by atoms with van der Waals surface area (Å²) >= 11 is 3.51. The predicted molar refractivity (Wildman–Crippen MR) is 90.0 cm³/mol. The Balaban J connectivity index is 1.90. The number of carbonyl (C=O) groups is 1. The molecule has 1 aromatic rings. The summed E-state index contributed by atoms with van der Waals surface area (Å²) < 4.78 is 1.11. The second kappa shape index (κ2) is 7.95. The Morgan fingerprint density at radius 2 is 2.33 bits per heavy atom. The van der Waals surface area contributed by atoms with Crippen LogP contribution in [0, 0.1) is 5.92 Å². The maximum atomic E-state index is 12.3. The zero-order valence-electron chi connectivity index (χ0n) is 12.9. The zero-order valence-corrected chi connectivity index (χ0v) is 14.5. The third-order valence-electron chi connectivity index (χ3n) is 4.17. The average molecular weight is 353 g/mol. The lowest BCUT2D eigenvalue weighted by Crippen LogP contribution is -2.44. The van der Waals surface area contributed by atoms with Gasteiger partial charge in [0.05, 0.1) is 5.92 Å². The Kier molecular flexibility index (Phi) is 6.24. The van der Waals surface area contributed by atoms with Gasteiger partial charge < -0.3 is 5.32 Å². The molecule has 0 aliphatic carbocycles. The Hall–Kier alpha value is -0.870. The highest BCUT2D eigenvalue weighted by molar-refractivity contribution is 9.10. The molecular weight excluding hydrogens is 328 g/mol. The number of halogens is 1. The van der Waals surface area contributed by atoms with Gasteiger partial charge in [-0.25, -0.2) is 0 Å². The number of nitrogens with zero attached hydrogens (tertiary/aromatic N) is 1. The summed E-state index contributed by atoms with van der Waals surface area (Å²) in [7, 11) is 0. The van der Waals surface area contributed by atoms with Crippen molar-refractivity contribution in [2.45, 2.75) is 45.7 Å². The number of likely N-dealkylation sites (tertiary alicyclic amines) is 1. The van der Waals surface area contributed by atoms with E-state index in [1.807, 2.05) is 6.07 Å². The molecule has 0 saturated carbocycles. The first kappa shape index (κ1) is 16.5. The third-order valence-corrected chi connectivity index (χ3v) is 4.67. The lowest BCUT2D eigenvalue weighted by Gasteiger charge is -2.32.